The second-order valence-corrected chi connectivity index (χ2v) is 5.15. The van der Waals surface area contributed by atoms with Gasteiger partial charge in [0.25, 0.3) is 5.91 Å². The van der Waals surface area contributed by atoms with Crippen molar-refractivity contribution >= 4 is 11.9 Å². The first-order valence-electron chi connectivity index (χ1n) is 7.03. The van der Waals surface area contributed by atoms with Crippen LogP contribution >= 0.6 is 0 Å². The van der Waals surface area contributed by atoms with Crippen molar-refractivity contribution in [3.05, 3.63) is 35.4 Å². The molecule has 1 unspecified atom stereocenters. The molecule has 1 atom stereocenters. The topological polar surface area (TPSA) is 66.8 Å². The summed E-state index contributed by atoms with van der Waals surface area (Å²) < 4.78 is 31.5. The zero-order valence-corrected chi connectivity index (χ0v) is 11.9. The molecule has 0 aliphatic carbocycles. The Kier molecular flexibility index (Phi) is 5.43. The van der Waals surface area contributed by atoms with Crippen molar-refractivity contribution < 1.29 is 28.2 Å². The van der Waals surface area contributed by atoms with Crippen LogP contribution in [0.15, 0.2) is 18.2 Å². The van der Waals surface area contributed by atoms with E-state index in [1.54, 1.807) is 0 Å². The first kappa shape index (κ1) is 16.4. The Hall–Kier alpha value is -2.02. The van der Waals surface area contributed by atoms with Crippen LogP contribution in [-0.2, 0) is 20.9 Å². The third-order valence-electron chi connectivity index (χ3n) is 3.47. The molecule has 5 nitrogen and oxygen atoms in total. The molecule has 1 aliphatic heterocycles. The summed E-state index contributed by atoms with van der Waals surface area (Å²) in [4.78, 5) is 24.4. The average molecular weight is 313 g/mol. The maximum absolute atomic E-state index is 13.2. The molecule has 7 heteroatoms. The van der Waals surface area contributed by atoms with Gasteiger partial charge in [0.05, 0.1) is 6.42 Å². The van der Waals surface area contributed by atoms with Gasteiger partial charge in [0, 0.05) is 19.7 Å². The molecule has 2 rings (SSSR count). The fourth-order valence-corrected chi connectivity index (χ4v) is 2.33. The van der Waals surface area contributed by atoms with E-state index in [-0.39, 0.29) is 25.4 Å². The Morgan fingerprint density at radius 1 is 1.32 bits per heavy atom. The lowest BCUT2D eigenvalue weighted by molar-refractivity contribution is -0.143. The lowest BCUT2D eigenvalue weighted by Crippen LogP contribution is -2.39. The van der Waals surface area contributed by atoms with Gasteiger partial charge in [0.1, 0.15) is 6.10 Å². The van der Waals surface area contributed by atoms with Crippen LogP contribution in [0, 0.1) is 11.6 Å². The Bertz CT molecular complexity index is 558. The van der Waals surface area contributed by atoms with Gasteiger partial charge in [-0.3, -0.25) is 9.59 Å². The molecule has 1 fully saturated rings. The number of benzene rings is 1. The van der Waals surface area contributed by atoms with Gasteiger partial charge in [-0.2, -0.15) is 0 Å². The van der Waals surface area contributed by atoms with E-state index < -0.39 is 23.7 Å². The molecule has 120 valence electrons. The van der Waals surface area contributed by atoms with Crippen LogP contribution in [0.25, 0.3) is 0 Å². The van der Waals surface area contributed by atoms with Gasteiger partial charge in [-0.05, 0) is 30.5 Å². The molecule has 0 spiro atoms. The summed E-state index contributed by atoms with van der Waals surface area (Å²) in [6, 6.07) is 3.36. The van der Waals surface area contributed by atoms with Crippen LogP contribution in [0.3, 0.4) is 0 Å². The number of amides is 1. The number of carbonyl (C=O) groups is 2. The molecule has 1 aromatic carbocycles. The molecular weight excluding hydrogens is 296 g/mol. The number of ether oxygens (including phenoxy) is 1. The van der Waals surface area contributed by atoms with Crippen LogP contribution in [0.5, 0.6) is 0 Å². The maximum atomic E-state index is 13.2. The van der Waals surface area contributed by atoms with Gasteiger partial charge in [0.2, 0.25) is 0 Å². The molecule has 1 N–H and O–H groups in total. The lowest BCUT2D eigenvalue weighted by atomic mass is 10.1. The molecule has 1 aliphatic rings. The first-order chi connectivity index (χ1) is 10.5. The molecule has 0 aromatic heterocycles. The number of carbonyl (C=O) groups excluding carboxylic acids is 1. The molecule has 0 saturated carbocycles. The molecule has 1 amide bonds. The second-order valence-electron chi connectivity index (χ2n) is 5.15. The fraction of sp³-hybridized carbons (Fsp3) is 0.467. The predicted molar refractivity (Wildman–Crippen MR) is 73.0 cm³/mol. The van der Waals surface area contributed by atoms with Crippen LogP contribution in [0.4, 0.5) is 8.78 Å². The number of rotatable bonds is 6. The van der Waals surface area contributed by atoms with Crippen molar-refractivity contribution in [2.45, 2.75) is 31.9 Å². The highest BCUT2D eigenvalue weighted by molar-refractivity contribution is 5.81. The maximum Gasteiger partial charge on any atom is 0.305 e. The molecule has 1 saturated heterocycles. The van der Waals surface area contributed by atoms with Crippen LogP contribution < -0.4 is 0 Å². The van der Waals surface area contributed by atoms with E-state index in [0.29, 0.717) is 18.6 Å². The fourth-order valence-electron chi connectivity index (χ4n) is 2.33. The van der Waals surface area contributed by atoms with Crippen LogP contribution in [0.1, 0.15) is 24.8 Å². The highest BCUT2D eigenvalue weighted by Crippen LogP contribution is 2.18. The SMILES string of the molecule is O=C(O)CCN(Cc1ccc(F)c(F)c1)C(=O)C1CCCO1. The molecule has 0 bridgehead atoms. The smallest absolute Gasteiger partial charge is 0.305 e. The minimum atomic E-state index is -1.03. The Labute approximate surface area is 126 Å². The van der Waals surface area contributed by atoms with Crippen LogP contribution in [-0.4, -0.2) is 41.1 Å². The summed E-state index contributed by atoms with van der Waals surface area (Å²) in [5, 5.41) is 8.78. The largest absolute Gasteiger partial charge is 0.481 e. The zero-order chi connectivity index (χ0) is 16.1. The lowest BCUT2D eigenvalue weighted by Gasteiger charge is -2.25. The monoisotopic (exact) mass is 313 g/mol. The first-order valence-corrected chi connectivity index (χ1v) is 7.03. The summed E-state index contributed by atoms with van der Waals surface area (Å²) in [5.74, 6) is -3.31. The van der Waals surface area contributed by atoms with E-state index in [1.807, 2.05) is 0 Å². The van der Waals surface area contributed by atoms with Gasteiger partial charge < -0.3 is 14.7 Å². The third-order valence-corrected chi connectivity index (χ3v) is 3.47. The molecule has 0 radical (unpaired) electrons. The van der Waals surface area contributed by atoms with Gasteiger partial charge in [-0.15, -0.1) is 0 Å². The summed E-state index contributed by atoms with van der Waals surface area (Å²) in [7, 11) is 0. The normalized spacial score (nSPS) is 17.5. The quantitative estimate of drug-likeness (QED) is 0.871. The van der Waals surface area contributed by atoms with E-state index in [4.69, 9.17) is 9.84 Å². The number of carboxylic acids is 1. The van der Waals surface area contributed by atoms with Gasteiger partial charge in [-0.25, -0.2) is 8.78 Å². The van der Waals surface area contributed by atoms with Crippen molar-refractivity contribution in [2.75, 3.05) is 13.2 Å². The van der Waals surface area contributed by atoms with E-state index in [9.17, 15) is 18.4 Å². The summed E-state index contributed by atoms with van der Waals surface area (Å²) in [6.45, 7) is 0.505. The van der Waals surface area contributed by atoms with Gasteiger partial charge >= 0.3 is 5.97 Å². The number of nitrogens with zero attached hydrogens (tertiary/aromatic N) is 1. The Morgan fingerprint density at radius 3 is 2.68 bits per heavy atom. The highest BCUT2D eigenvalue weighted by atomic mass is 19.2. The minimum Gasteiger partial charge on any atom is -0.481 e. The number of aliphatic carboxylic acids is 1. The van der Waals surface area contributed by atoms with Crippen molar-refractivity contribution in [1.29, 1.82) is 0 Å². The standard InChI is InChI=1S/C15H17F2NO4/c16-11-4-3-10(8-12(11)17)9-18(6-5-14(19)20)15(21)13-2-1-7-22-13/h3-4,8,13H,1-2,5-7,9H2,(H,19,20). The Morgan fingerprint density at radius 2 is 2.09 bits per heavy atom. The minimum absolute atomic E-state index is 0.00692. The molecule has 22 heavy (non-hydrogen) atoms. The van der Waals surface area contributed by atoms with Crippen LogP contribution in [0.2, 0.25) is 0 Å². The van der Waals surface area contributed by atoms with Gasteiger partial charge in [-0.1, -0.05) is 6.07 Å². The van der Waals surface area contributed by atoms with E-state index >= 15 is 0 Å². The summed E-state index contributed by atoms with van der Waals surface area (Å²) in [5.41, 5.74) is 0.399. The number of hydrogen-bond acceptors (Lipinski definition) is 3. The highest BCUT2D eigenvalue weighted by Gasteiger charge is 2.28. The zero-order valence-electron chi connectivity index (χ0n) is 11.9. The second kappa shape index (κ2) is 7.31. The number of carboxylic acid groups (broad SMARTS) is 1. The third kappa shape index (κ3) is 4.24. The van der Waals surface area contributed by atoms with E-state index in [1.165, 1.54) is 11.0 Å². The number of halogens is 2. The van der Waals surface area contributed by atoms with Crippen molar-refractivity contribution in [3.63, 3.8) is 0 Å². The molecule has 1 heterocycles. The van der Waals surface area contributed by atoms with E-state index in [0.717, 1.165) is 18.6 Å². The average Bonchev–Trinajstić information content (AvgIpc) is 3.00. The van der Waals surface area contributed by atoms with Crippen molar-refractivity contribution in [2.24, 2.45) is 0 Å². The Balaban J connectivity index is 2.10. The molecule has 1 aromatic rings. The summed E-state index contributed by atoms with van der Waals surface area (Å²) in [6.07, 6.45) is 0.551. The summed E-state index contributed by atoms with van der Waals surface area (Å²) >= 11 is 0. The van der Waals surface area contributed by atoms with Gasteiger partial charge in [0.15, 0.2) is 11.6 Å². The van der Waals surface area contributed by atoms with Crippen molar-refractivity contribution in [1.82, 2.24) is 4.90 Å². The predicted octanol–water partition coefficient (Wildman–Crippen LogP) is 1.95. The number of hydrogen-bond donors (Lipinski definition) is 1. The molecular formula is C15H17F2NO4. The van der Waals surface area contributed by atoms with Crippen molar-refractivity contribution in [3.8, 4) is 0 Å². The van der Waals surface area contributed by atoms with E-state index in [2.05, 4.69) is 0 Å².